The molecule has 0 radical (unpaired) electrons. The third kappa shape index (κ3) is 2.43. The van der Waals surface area contributed by atoms with Crippen LogP contribution >= 0.6 is 22.7 Å². The van der Waals surface area contributed by atoms with Gasteiger partial charge >= 0.3 is 11.7 Å². The summed E-state index contributed by atoms with van der Waals surface area (Å²) in [5.41, 5.74) is 1.56. The van der Waals surface area contributed by atoms with Gasteiger partial charge in [0.1, 0.15) is 10.6 Å². The first-order valence-electron chi connectivity index (χ1n) is 5.56. The number of aromatic nitrogens is 1. The SMILES string of the molecule is O=C(O)c1cc(Oc2ccc3scnc3c2[N+](=O)[O-])cs1. The molecule has 1 N–H and O–H groups in total. The maximum absolute atomic E-state index is 11.2. The average Bonchev–Trinajstić information content (AvgIpc) is 3.06. The van der Waals surface area contributed by atoms with Crippen molar-refractivity contribution in [1.82, 2.24) is 4.98 Å². The van der Waals surface area contributed by atoms with Crippen molar-refractivity contribution in [2.45, 2.75) is 0 Å². The van der Waals surface area contributed by atoms with Crippen LogP contribution in [0, 0.1) is 10.1 Å². The molecule has 0 aliphatic heterocycles. The van der Waals surface area contributed by atoms with E-state index in [-0.39, 0.29) is 27.6 Å². The molecule has 7 nitrogen and oxygen atoms in total. The number of thiazole rings is 1. The van der Waals surface area contributed by atoms with Crippen LogP contribution in [0.1, 0.15) is 9.67 Å². The van der Waals surface area contributed by atoms with Crippen LogP contribution in [0.15, 0.2) is 29.1 Å². The van der Waals surface area contributed by atoms with Crippen LogP contribution < -0.4 is 4.74 Å². The van der Waals surface area contributed by atoms with E-state index in [0.717, 1.165) is 11.3 Å². The molecule has 0 aliphatic rings. The molecule has 0 saturated carbocycles. The lowest BCUT2D eigenvalue weighted by Crippen LogP contribution is -1.94. The van der Waals surface area contributed by atoms with Crippen molar-refractivity contribution in [2.75, 3.05) is 0 Å². The van der Waals surface area contributed by atoms with Gasteiger partial charge in [0.05, 0.1) is 15.1 Å². The smallest absolute Gasteiger partial charge is 0.346 e. The number of carboxylic acid groups (broad SMARTS) is 1. The highest BCUT2D eigenvalue weighted by molar-refractivity contribution is 7.16. The van der Waals surface area contributed by atoms with Crippen LogP contribution in [-0.2, 0) is 0 Å². The van der Waals surface area contributed by atoms with E-state index in [4.69, 9.17) is 9.84 Å². The molecule has 21 heavy (non-hydrogen) atoms. The van der Waals surface area contributed by atoms with Gasteiger partial charge in [0.25, 0.3) is 0 Å². The van der Waals surface area contributed by atoms with E-state index in [9.17, 15) is 14.9 Å². The summed E-state index contributed by atoms with van der Waals surface area (Å²) in [6.45, 7) is 0. The minimum absolute atomic E-state index is 0.0353. The number of nitro groups is 1. The number of hydrogen-bond donors (Lipinski definition) is 1. The monoisotopic (exact) mass is 322 g/mol. The van der Waals surface area contributed by atoms with E-state index in [1.165, 1.54) is 34.4 Å². The van der Waals surface area contributed by atoms with Gasteiger partial charge in [-0.05, 0) is 12.1 Å². The maximum Gasteiger partial charge on any atom is 0.346 e. The Morgan fingerprint density at radius 2 is 2.19 bits per heavy atom. The summed E-state index contributed by atoms with van der Waals surface area (Å²) in [6.07, 6.45) is 0. The molecule has 0 atom stereocenters. The lowest BCUT2D eigenvalue weighted by Gasteiger charge is -2.04. The third-order valence-corrected chi connectivity index (χ3v) is 4.33. The molecule has 2 heterocycles. The fraction of sp³-hybridized carbons (Fsp3) is 0. The zero-order valence-electron chi connectivity index (χ0n) is 10.2. The van der Waals surface area contributed by atoms with Crippen LogP contribution in [0.2, 0.25) is 0 Å². The Hall–Kier alpha value is -2.52. The van der Waals surface area contributed by atoms with Gasteiger partial charge in [0.2, 0.25) is 5.75 Å². The maximum atomic E-state index is 11.2. The standard InChI is InChI=1S/C12H6N2O5S2/c15-12(16)9-3-6(4-20-9)19-7-1-2-8-10(13-5-21-8)11(7)14(17)18/h1-5H,(H,15,16). The zero-order chi connectivity index (χ0) is 15.0. The summed E-state index contributed by atoms with van der Waals surface area (Å²) in [5.74, 6) is -0.789. The van der Waals surface area contributed by atoms with Gasteiger partial charge in [0.15, 0.2) is 5.52 Å². The molecule has 9 heteroatoms. The first-order valence-corrected chi connectivity index (χ1v) is 7.32. The Balaban J connectivity index is 2.04. The van der Waals surface area contributed by atoms with Gasteiger partial charge in [-0.1, -0.05) is 0 Å². The largest absolute Gasteiger partial charge is 0.477 e. The van der Waals surface area contributed by atoms with Crippen molar-refractivity contribution in [2.24, 2.45) is 0 Å². The Morgan fingerprint density at radius 1 is 1.38 bits per heavy atom. The number of ether oxygens (including phenoxy) is 1. The van der Waals surface area contributed by atoms with Gasteiger partial charge in [-0.25, -0.2) is 9.78 Å². The molecule has 0 aliphatic carbocycles. The Kier molecular flexibility index (Phi) is 3.28. The number of carboxylic acids is 1. The average molecular weight is 322 g/mol. The highest BCUT2D eigenvalue weighted by Gasteiger charge is 2.23. The van der Waals surface area contributed by atoms with Crippen molar-refractivity contribution >= 4 is 44.5 Å². The molecule has 0 fully saturated rings. The van der Waals surface area contributed by atoms with Crippen molar-refractivity contribution < 1.29 is 19.6 Å². The number of benzene rings is 1. The van der Waals surface area contributed by atoms with Crippen molar-refractivity contribution in [3.8, 4) is 11.5 Å². The third-order valence-electron chi connectivity index (χ3n) is 2.64. The second-order valence-electron chi connectivity index (χ2n) is 3.92. The van der Waals surface area contributed by atoms with Crippen LogP contribution in [0.4, 0.5) is 5.69 Å². The molecule has 3 rings (SSSR count). The van der Waals surface area contributed by atoms with Gasteiger partial charge in [-0.3, -0.25) is 10.1 Å². The Labute approximate surface area is 125 Å². The van der Waals surface area contributed by atoms with Gasteiger partial charge in [-0.2, -0.15) is 0 Å². The van der Waals surface area contributed by atoms with E-state index in [2.05, 4.69) is 4.98 Å². The second-order valence-corrected chi connectivity index (χ2v) is 5.72. The highest BCUT2D eigenvalue weighted by Crippen LogP contribution is 2.39. The molecule has 2 aromatic heterocycles. The topological polar surface area (TPSA) is 103 Å². The lowest BCUT2D eigenvalue weighted by molar-refractivity contribution is -0.384. The fourth-order valence-corrected chi connectivity index (χ4v) is 3.09. The molecule has 0 bridgehead atoms. The summed E-state index contributed by atoms with van der Waals surface area (Å²) in [6, 6.07) is 4.48. The number of aromatic carboxylic acids is 1. The number of hydrogen-bond acceptors (Lipinski definition) is 7. The molecule has 0 saturated heterocycles. The van der Waals surface area contributed by atoms with Crippen molar-refractivity contribution in [3.05, 3.63) is 44.1 Å². The molecule has 0 unspecified atom stereocenters. The molecular formula is C12H6N2O5S2. The summed E-state index contributed by atoms with van der Waals surface area (Å²) in [4.78, 5) is 25.6. The number of thiophene rings is 1. The summed E-state index contributed by atoms with van der Waals surface area (Å²) < 4.78 is 6.13. The number of fused-ring (bicyclic) bond motifs is 1. The molecule has 3 aromatic rings. The Bertz CT molecular complexity index is 854. The first-order chi connectivity index (χ1) is 10.1. The highest BCUT2D eigenvalue weighted by atomic mass is 32.1. The molecule has 0 amide bonds. The van der Waals surface area contributed by atoms with Crippen LogP contribution in [0.3, 0.4) is 0 Å². The van der Waals surface area contributed by atoms with E-state index < -0.39 is 10.9 Å². The van der Waals surface area contributed by atoms with E-state index in [0.29, 0.717) is 4.70 Å². The van der Waals surface area contributed by atoms with E-state index >= 15 is 0 Å². The summed E-state index contributed by atoms with van der Waals surface area (Å²) >= 11 is 2.28. The number of nitrogens with zero attached hydrogens (tertiary/aromatic N) is 2. The second kappa shape index (κ2) is 5.11. The first kappa shape index (κ1) is 13.5. The fourth-order valence-electron chi connectivity index (χ4n) is 1.77. The van der Waals surface area contributed by atoms with Gasteiger partial charge in [0, 0.05) is 11.4 Å². The van der Waals surface area contributed by atoms with Crippen molar-refractivity contribution in [1.29, 1.82) is 0 Å². The van der Waals surface area contributed by atoms with Crippen LogP contribution in [0.5, 0.6) is 11.5 Å². The molecule has 106 valence electrons. The molecule has 1 aromatic carbocycles. The predicted octanol–water partition coefficient (Wildman–Crippen LogP) is 3.76. The number of rotatable bonds is 4. The quantitative estimate of drug-likeness (QED) is 0.579. The predicted molar refractivity (Wildman–Crippen MR) is 77.6 cm³/mol. The number of carbonyl (C=O) groups is 1. The van der Waals surface area contributed by atoms with Crippen molar-refractivity contribution in [3.63, 3.8) is 0 Å². The Morgan fingerprint density at radius 3 is 2.86 bits per heavy atom. The molecular weight excluding hydrogens is 316 g/mol. The minimum atomic E-state index is -1.07. The zero-order valence-corrected chi connectivity index (χ0v) is 11.8. The van der Waals surface area contributed by atoms with Gasteiger partial charge < -0.3 is 9.84 Å². The van der Waals surface area contributed by atoms with Crippen LogP contribution in [-0.4, -0.2) is 21.0 Å². The van der Waals surface area contributed by atoms with Crippen LogP contribution in [0.25, 0.3) is 10.2 Å². The van der Waals surface area contributed by atoms with E-state index in [1.54, 1.807) is 6.07 Å². The number of nitro benzene ring substituents is 1. The minimum Gasteiger partial charge on any atom is -0.477 e. The molecule has 0 spiro atoms. The van der Waals surface area contributed by atoms with E-state index in [1.807, 2.05) is 0 Å². The van der Waals surface area contributed by atoms with Gasteiger partial charge in [-0.15, -0.1) is 22.7 Å². The summed E-state index contributed by atoms with van der Waals surface area (Å²) in [5, 5.41) is 21.6. The lowest BCUT2D eigenvalue weighted by atomic mass is 10.2. The summed E-state index contributed by atoms with van der Waals surface area (Å²) in [7, 11) is 0. The normalized spacial score (nSPS) is 10.7.